The van der Waals surface area contributed by atoms with Crippen LogP contribution in [0.25, 0.3) is 0 Å². The number of nitrogens with zero attached hydrogens (tertiary/aromatic N) is 3. The number of nitrogens with one attached hydrogen (secondary N) is 1. The summed E-state index contributed by atoms with van der Waals surface area (Å²) in [5.74, 6) is 0.273. The second-order valence-electron chi connectivity index (χ2n) is 6.75. The third-order valence-corrected chi connectivity index (χ3v) is 4.95. The number of para-hydroxylation sites is 1. The molecule has 0 saturated carbocycles. The first-order chi connectivity index (χ1) is 15.0. The molecule has 0 unspecified atom stereocenters. The Balaban J connectivity index is 1.45. The van der Waals surface area contributed by atoms with Crippen LogP contribution in [0.3, 0.4) is 0 Å². The summed E-state index contributed by atoms with van der Waals surface area (Å²) in [4.78, 5) is 12.7. The predicted octanol–water partition coefficient (Wildman–Crippen LogP) is 4.85. The monoisotopic (exact) mass is 440 g/mol. The van der Waals surface area contributed by atoms with Crippen LogP contribution in [0, 0.1) is 12.7 Å². The molecule has 158 valence electrons. The van der Waals surface area contributed by atoms with Gasteiger partial charge in [-0.05, 0) is 31.2 Å². The van der Waals surface area contributed by atoms with Crippen molar-refractivity contribution in [3.63, 3.8) is 0 Å². The predicted molar refractivity (Wildman–Crippen MR) is 113 cm³/mol. The van der Waals surface area contributed by atoms with Crippen LogP contribution in [-0.4, -0.2) is 20.8 Å². The lowest BCUT2D eigenvalue weighted by atomic mass is 10.2. The average molecular weight is 441 g/mol. The van der Waals surface area contributed by atoms with Crippen molar-refractivity contribution in [2.45, 2.75) is 20.1 Å². The Morgan fingerprint density at radius 3 is 2.77 bits per heavy atom. The topological polar surface area (TPSA) is 82.2 Å². The summed E-state index contributed by atoms with van der Waals surface area (Å²) in [6, 6.07) is 13.7. The van der Waals surface area contributed by atoms with Crippen LogP contribution in [0.5, 0.6) is 5.75 Å². The van der Waals surface area contributed by atoms with Gasteiger partial charge in [0.15, 0.2) is 5.69 Å². The van der Waals surface area contributed by atoms with Crippen LogP contribution >= 0.6 is 11.6 Å². The highest BCUT2D eigenvalue weighted by Crippen LogP contribution is 2.21. The highest BCUT2D eigenvalue weighted by Gasteiger charge is 2.21. The number of hydrogen-bond donors (Lipinski definition) is 1. The first-order valence-electron chi connectivity index (χ1n) is 9.41. The van der Waals surface area contributed by atoms with Crippen molar-refractivity contribution in [1.82, 2.24) is 14.9 Å². The fraction of sp³-hybridized carbons (Fsp3) is 0.136. The molecular weight excluding hydrogens is 423 g/mol. The van der Waals surface area contributed by atoms with Crippen LogP contribution in [0.4, 0.5) is 10.1 Å². The van der Waals surface area contributed by atoms with Gasteiger partial charge in [-0.1, -0.05) is 41.0 Å². The Hall–Kier alpha value is -3.65. The molecule has 4 rings (SSSR count). The van der Waals surface area contributed by atoms with Crippen molar-refractivity contribution in [3.05, 3.63) is 94.3 Å². The maximum absolute atomic E-state index is 14.0. The molecule has 0 bridgehead atoms. The summed E-state index contributed by atoms with van der Waals surface area (Å²) in [5.41, 5.74) is 1.41. The SMILES string of the molecule is Cc1onc(C(=O)Nc2cnn(Cc3c(F)cccc3Cl)c2)c1COc1ccccc1. The quantitative estimate of drug-likeness (QED) is 0.444. The van der Waals surface area contributed by atoms with Gasteiger partial charge in [0.25, 0.3) is 5.91 Å². The Labute approximate surface area is 182 Å². The van der Waals surface area contributed by atoms with E-state index >= 15 is 0 Å². The van der Waals surface area contributed by atoms with E-state index in [2.05, 4.69) is 15.6 Å². The lowest BCUT2D eigenvalue weighted by Gasteiger charge is -2.07. The molecule has 31 heavy (non-hydrogen) atoms. The molecule has 0 aliphatic rings. The summed E-state index contributed by atoms with van der Waals surface area (Å²) in [6.07, 6.45) is 3.04. The minimum absolute atomic E-state index is 0.123. The standard InChI is InChI=1S/C22H18ClFN4O3/c1-14-18(13-30-16-6-3-2-4-7-16)21(27-31-14)22(29)26-15-10-25-28(11-15)12-17-19(23)8-5-9-20(17)24/h2-11H,12-13H2,1H3,(H,26,29). The number of rotatable bonds is 7. The molecule has 0 atom stereocenters. The highest BCUT2D eigenvalue weighted by molar-refractivity contribution is 6.31. The van der Waals surface area contributed by atoms with Gasteiger partial charge >= 0.3 is 0 Å². The molecule has 1 N–H and O–H groups in total. The Kier molecular flexibility index (Phi) is 5.99. The van der Waals surface area contributed by atoms with Crippen LogP contribution in [-0.2, 0) is 13.2 Å². The van der Waals surface area contributed by atoms with Gasteiger partial charge in [-0.15, -0.1) is 0 Å². The number of amides is 1. The first-order valence-corrected chi connectivity index (χ1v) is 9.78. The van der Waals surface area contributed by atoms with Crippen LogP contribution in [0.15, 0.2) is 65.4 Å². The van der Waals surface area contributed by atoms with Crippen LogP contribution < -0.4 is 10.1 Å². The molecule has 0 aliphatic carbocycles. The summed E-state index contributed by atoms with van der Waals surface area (Å²) in [7, 11) is 0. The average Bonchev–Trinajstić information content (AvgIpc) is 3.36. The van der Waals surface area contributed by atoms with Crippen LogP contribution in [0.2, 0.25) is 5.02 Å². The first kappa shape index (κ1) is 20.6. The summed E-state index contributed by atoms with van der Waals surface area (Å²) in [5, 5.41) is 11.0. The molecule has 1 amide bonds. The molecule has 0 radical (unpaired) electrons. The lowest BCUT2D eigenvalue weighted by molar-refractivity contribution is 0.101. The smallest absolute Gasteiger partial charge is 0.278 e. The minimum Gasteiger partial charge on any atom is -0.489 e. The third kappa shape index (κ3) is 4.75. The summed E-state index contributed by atoms with van der Waals surface area (Å²) >= 11 is 6.06. The van der Waals surface area contributed by atoms with Gasteiger partial charge in [0.1, 0.15) is 23.9 Å². The molecule has 2 heterocycles. The van der Waals surface area contributed by atoms with Gasteiger partial charge in [0.05, 0.1) is 24.0 Å². The summed E-state index contributed by atoms with van der Waals surface area (Å²) < 4.78 is 26.4. The van der Waals surface area contributed by atoms with Crippen molar-refractivity contribution in [2.75, 3.05) is 5.32 Å². The van der Waals surface area contributed by atoms with Crippen LogP contribution in [0.1, 0.15) is 27.4 Å². The number of benzene rings is 2. The van der Waals surface area contributed by atoms with E-state index in [9.17, 15) is 9.18 Å². The normalized spacial score (nSPS) is 10.8. The molecule has 0 saturated heterocycles. The molecule has 2 aromatic heterocycles. The van der Waals surface area contributed by atoms with E-state index < -0.39 is 11.7 Å². The van der Waals surface area contributed by atoms with Crippen molar-refractivity contribution < 1.29 is 18.4 Å². The zero-order chi connectivity index (χ0) is 21.8. The van der Waals surface area contributed by atoms with E-state index in [1.807, 2.05) is 30.3 Å². The number of carbonyl (C=O) groups is 1. The fourth-order valence-electron chi connectivity index (χ4n) is 2.96. The van der Waals surface area contributed by atoms with Crippen molar-refractivity contribution in [2.24, 2.45) is 0 Å². The molecule has 2 aromatic carbocycles. The number of anilines is 1. The van der Waals surface area contributed by atoms with E-state index in [4.69, 9.17) is 20.9 Å². The van der Waals surface area contributed by atoms with Gasteiger partial charge in [-0.3, -0.25) is 9.48 Å². The summed E-state index contributed by atoms with van der Waals surface area (Å²) in [6.45, 7) is 1.97. The Bertz CT molecular complexity index is 1190. The van der Waals surface area contributed by atoms with E-state index in [0.29, 0.717) is 33.3 Å². The van der Waals surface area contributed by atoms with E-state index in [1.54, 1.807) is 19.2 Å². The number of hydrogen-bond acceptors (Lipinski definition) is 5. The van der Waals surface area contributed by atoms with Gasteiger partial charge in [-0.2, -0.15) is 5.10 Å². The number of ether oxygens (including phenoxy) is 1. The van der Waals surface area contributed by atoms with E-state index in [-0.39, 0.29) is 18.8 Å². The fourth-order valence-corrected chi connectivity index (χ4v) is 3.18. The third-order valence-electron chi connectivity index (χ3n) is 4.60. The van der Waals surface area contributed by atoms with Gasteiger partial charge < -0.3 is 14.6 Å². The van der Waals surface area contributed by atoms with Gasteiger partial charge in [-0.25, -0.2) is 4.39 Å². The Morgan fingerprint density at radius 1 is 1.19 bits per heavy atom. The second-order valence-corrected chi connectivity index (χ2v) is 7.16. The number of carbonyl (C=O) groups excluding carboxylic acids is 1. The van der Waals surface area contributed by atoms with E-state index in [0.717, 1.165) is 0 Å². The van der Waals surface area contributed by atoms with Crippen molar-refractivity contribution >= 4 is 23.2 Å². The second kappa shape index (κ2) is 9.01. The molecule has 9 heteroatoms. The highest BCUT2D eigenvalue weighted by atomic mass is 35.5. The zero-order valence-electron chi connectivity index (χ0n) is 16.5. The van der Waals surface area contributed by atoms with Crippen molar-refractivity contribution in [3.8, 4) is 5.75 Å². The number of aromatic nitrogens is 3. The number of aryl methyl sites for hydroxylation is 1. The molecule has 4 aromatic rings. The molecule has 0 aliphatic heterocycles. The Morgan fingerprint density at radius 2 is 2.00 bits per heavy atom. The molecule has 0 fully saturated rings. The van der Waals surface area contributed by atoms with Gasteiger partial charge in [0, 0.05) is 16.8 Å². The minimum atomic E-state index is -0.466. The maximum Gasteiger partial charge on any atom is 0.278 e. The van der Waals surface area contributed by atoms with E-state index in [1.165, 1.54) is 23.0 Å². The maximum atomic E-state index is 14.0. The number of halogens is 2. The van der Waals surface area contributed by atoms with Gasteiger partial charge in [0.2, 0.25) is 0 Å². The molecule has 7 nitrogen and oxygen atoms in total. The zero-order valence-corrected chi connectivity index (χ0v) is 17.3. The molecular formula is C22H18ClFN4O3. The lowest BCUT2D eigenvalue weighted by Crippen LogP contribution is -2.15. The largest absolute Gasteiger partial charge is 0.489 e. The molecule has 0 spiro atoms. The van der Waals surface area contributed by atoms with Crippen molar-refractivity contribution in [1.29, 1.82) is 0 Å².